The maximum absolute atomic E-state index is 4.00. The summed E-state index contributed by atoms with van der Waals surface area (Å²) in [6.07, 6.45) is 1.04. The highest BCUT2D eigenvalue weighted by molar-refractivity contribution is 5.35. The Labute approximate surface area is 85.8 Å². The Balaban J connectivity index is 2.27. The first-order valence-corrected chi connectivity index (χ1v) is 5.13. The first kappa shape index (κ1) is 9.47. The van der Waals surface area contributed by atoms with E-state index in [0.717, 1.165) is 6.42 Å². The maximum Gasteiger partial charge on any atom is 0.0627 e. The van der Waals surface area contributed by atoms with Crippen molar-refractivity contribution in [2.75, 3.05) is 0 Å². The summed E-state index contributed by atoms with van der Waals surface area (Å²) in [7, 11) is 0. The Kier molecular flexibility index (Phi) is 2.20. The van der Waals surface area contributed by atoms with Gasteiger partial charge in [-0.25, -0.2) is 0 Å². The molecule has 0 radical (unpaired) electrons. The van der Waals surface area contributed by atoms with Crippen LogP contribution >= 0.6 is 0 Å². The van der Waals surface area contributed by atoms with Crippen LogP contribution in [-0.2, 0) is 5.54 Å². The lowest BCUT2D eigenvalue weighted by molar-refractivity contribution is 0.643. The van der Waals surface area contributed by atoms with Crippen LogP contribution in [0.25, 0.3) is 0 Å². The summed E-state index contributed by atoms with van der Waals surface area (Å²) in [5.41, 5.74) is 2.80. The zero-order chi connectivity index (χ0) is 10.2. The lowest BCUT2D eigenvalue weighted by Gasteiger charge is -2.14. The highest BCUT2D eigenvalue weighted by atomic mass is 15.2. The van der Waals surface area contributed by atoms with E-state index in [1.807, 2.05) is 0 Å². The van der Waals surface area contributed by atoms with Crippen molar-refractivity contribution in [3.05, 3.63) is 48.0 Å². The Hall–Kier alpha value is -1.08. The smallest absolute Gasteiger partial charge is 0.0627 e. The summed E-state index contributed by atoms with van der Waals surface area (Å²) in [6, 6.07) is 11.2. The van der Waals surface area contributed by atoms with Crippen LogP contribution in [-0.4, -0.2) is 6.04 Å². The first-order chi connectivity index (χ1) is 6.65. The Bertz CT molecular complexity index is 342. The van der Waals surface area contributed by atoms with Crippen LogP contribution in [0, 0.1) is 0 Å². The van der Waals surface area contributed by atoms with Crippen LogP contribution in [0.1, 0.15) is 25.8 Å². The zero-order valence-corrected chi connectivity index (χ0v) is 8.88. The molecule has 1 heterocycles. The molecule has 74 valence electrons. The molecule has 1 aromatic carbocycles. The average molecular weight is 187 g/mol. The minimum Gasteiger partial charge on any atom is -0.301 e. The topological polar surface area (TPSA) is 21.9 Å². The van der Waals surface area contributed by atoms with Crippen LogP contribution in [0.4, 0.5) is 0 Å². The third-order valence-corrected chi connectivity index (χ3v) is 3.00. The van der Waals surface area contributed by atoms with Gasteiger partial charge in [0.25, 0.3) is 0 Å². The molecule has 2 atom stereocenters. The van der Waals surface area contributed by atoms with Gasteiger partial charge in [0.2, 0.25) is 0 Å². The second-order valence-electron chi connectivity index (χ2n) is 4.34. The zero-order valence-electron chi connectivity index (χ0n) is 8.88. The number of hydrogen-bond donors (Lipinski definition) is 1. The van der Waals surface area contributed by atoms with E-state index in [9.17, 15) is 0 Å². The van der Waals surface area contributed by atoms with Gasteiger partial charge in [-0.05, 0) is 25.8 Å². The molecule has 1 aromatic rings. The molecule has 0 aromatic heterocycles. The molecule has 1 N–H and O–H groups in total. The van der Waals surface area contributed by atoms with Gasteiger partial charge < -0.3 is 5.32 Å². The summed E-state index contributed by atoms with van der Waals surface area (Å²) in [6.45, 7) is 8.33. The van der Waals surface area contributed by atoms with E-state index < -0.39 is 0 Å². The third kappa shape index (κ3) is 1.48. The van der Waals surface area contributed by atoms with Gasteiger partial charge in [0.15, 0.2) is 0 Å². The van der Waals surface area contributed by atoms with Crippen molar-refractivity contribution in [1.82, 2.24) is 5.32 Å². The van der Waals surface area contributed by atoms with E-state index in [0.29, 0.717) is 6.04 Å². The summed E-state index contributed by atoms with van der Waals surface area (Å²) in [5, 5.41) is 3.53. The standard InChI is InChI=1S/C13H17N/c1-10(2)9-13(11(3)14-13)12-7-5-4-6-8-12/h4-8,11,14H,1,9H2,2-3H3/t11-,13-/m0/s1. The summed E-state index contributed by atoms with van der Waals surface area (Å²) in [4.78, 5) is 0. The van der Waals surface area contributed by atoms with Crippen molar-refractivity contribution in [2.45, 2.75) is 31.8 Å². The SMILES string of the molecule is C=C(C)C[C@]1(c2ccccc2)N[C@H]1C. The van der Waals surface area contributed by atoms with E-state index in [4.69, 9.17) is 0 Å². The van der Waals surface area contributed by atoms with Crippen LogP contribution in [0.5, 0.6) is 0 Å². The summed E-state index contributed by atoms with van der Waals surface area (Å²) < 4.78 is 0. The van der Waals surface area contributed by atoms with E-state index in [-0.39, 0.29) is 5.54 Å². The molecule has 1 heteroatoms. The molecule has 1 aliphatic heterocycles. The lowest BCUT2D eigenvalue weighted by atomic mass is 9.89. The normalized spacial score (nSPS) is 30.0. The number of nitrogens with one attached hydrogen (secondary N) is 1. The van der Waals surface area contributed by atoms with Gasteiger partial charge in [-0.1, -0.05) is 35.9 Å². The van der Waals surface area contributed by atoms with Crippen LogP contribution in [0.15, 0.2) is 42.5 Å². The minimum absolute atomic E-state index is 0.174. The minimum atomic E-state index is 0.174. The van der Waals surface area contributed by atoms with Crippen molar-refractivity contribution in [3.8, 4) is 0 Å². The van der Waals surface area contributed by atoms with Crippen LogP contribution < -0.4 is 5.32 Å². The molecule has 1 fully saturated rings. The molecule has 0 unspecified atom stereocenters. The van der Waals surface area contributed by atoms with Gasteiger partial charge in [-0.2, -0.15) is 0 Å². The average Bonchev–Trinajstić information content (AvgIpc) is 2.78. The van der Waals surface area contributed by atoms with E-state index in [1.165, 1.54) is 11.1 Å². The van der Waals surface area contributed by atoms with Crippen molar-refractivity contribution < 1.29 is 0 Å². The largest absolute Gasteiger partial charge is 0.301 e. The van der Waals surface area contributed by atoms with Gasteiger partial charge in [0, 0.05) is 6.04 Å². The van der Waals surface area contributed by atoms with Crippen molar-refractivity contribution in [2.24, 2.45) is 0 Å². The fraction of sp³-hybridized carbons (Fsp3) is 0.385. The maximum atomic E-state index is 4.00. The molecular weight excluding hydrogens is 170 g/mol. The van der Waals surface area contributed by atoms with E-state index >= 15 is 0 Å². The molecule has 2 rings (SSSR count). The second-order valence-corrected chi connectivity index (χ2v) is 4.34. The summed E-state index contributed by atoms with van der Waals surface area (Å²) in [5.74, 6) is 0. The number of rotatable bonds is 3. The van der Waals surface area contributed by atoms with Crippen LogP contribution in [0.3, 0.4) is 0 Å². The van der Waals surface area contributed by atoms with Gasteiger partial charge in [0.05, 0.1) is 5.54 Å². The van der Waals surface area contributed by atoms with E-state index in [2.05, 4.69) is 56.1 Å². The molecular formula is C13H17N. The number of hydrogen-bond acceptors (Lipinski definition) is 1. The lowest BCUT2D eigenvalue weighted by Crippen LogP contribution is -2.14. The fourth-order valence-electron chi connectivity index (χ4n) is 2.20. The molecule has 0 amide bonds. The Morgan fingerprint density at radius 1 is 1.43 bits per heavy atom. The molecule has 0 aliphatic carbocycles. The quantitative estimate of drug-likeness (QED) is 0.570. The Morgan fingerprint density at radius 2 is 2.00 bits per heavy atom. The monoisotopic (exact) mass is 187 g/mol. The van der Waals surface area contributed by atoms with Gasteiger partial charge in [-0.3, -0.25) is 0 Å². The van der Waals surface area contributed by atoms with Crippen LogP contribution in [0.2, 0.25) is 0 Å². The third-order valence-electron chi connectivity index (χ3n) is 3.00. The van der Waals surface area contributed by atoms with Gasteiger partial charge in [-0.15, -0.1) is 6.58 Å². The molecule has 1 saturated heterocycles. The van der Waals surface area contributed by atoms with Crippen molar-refractivity contribution in [3.63, 3.8) is 0 Å². The predicted molar refractivity (Wildman–Crippen MR) is 60.1 cm³/mol. The molecule has 14 heavy (non-hydrogen) atoms. The van der Waals surface area contributed by atoms with Crippen molar-refractivity contribution in [1.29, 1.82) is 0 Å². The first-order valence-electron chi connectivity index (χ1n) is 5.13. The highest BCUT2D eigenvalue weighted by Gasteiger charge is 2.51. The Morgan fingerprint density at radius 3 is 2.43 bits per heavy atom. The molecule has 0 spiro atoms. The highest BCUT2D eigenvalue weighted by Crippen LogP contribution is 2.42. The van der Waals surface area contributed by atoms with Gasteiger partial charge >= 0.3 is 0 Å². The molecule has 0 saturated carbocycles. The van der Waals surface area contributed by atoms with Crippen molar-refractivity contribution >= 4 is 0 Å². The molecule has 1 nitrogen and oxygen atoms in total. The molecule has 0 bridgehead atoms. The van der Waals surface area contributed by atoms with E-state index in [1.54, 1.807) is 0 Å². The second kappa shape index (κ2) is 3.25. The molecule has 1 aliphatic rings. The number of benzene rings is 1. The fourth-order valence-corrected chi connectivity index (χ4v) is 2.20. The predicted octanol–water partition coefficient (Wildman–Crippen LogP) is 2.84. The van der Waals surface area contributed by atoms with Gasteiger partial charge in [0.1, 0.15) is 0 Å². The summed E-state index contributed by atoms with van der Waals surface area (Å²) >= 11 is 0.